The number of ether oxygens (including phenoxy) is 3. The first-order valence-corrected chi connectivity index (χ1v) is 8.63. The second kappa shape index (κ2) is 7.20. The van der Waals surface area contributed by atoms with Crippen LogP contribution in [-0.2, 0) is 4.79 Å². The smallest absolute Gasteiger partial charge is 0.283 e. The summed E-state index contributed by atoms with van der Waals surface area (Å²) in [5, 5.41) is 15.3. The van der Waals surface area contributed by atoms with Crippen LogP contribution >= 0.6 is 11.8 Å². The van der Waals surface area contributed by atoms with Crippen LogP contribution in [-0.4, -0.2) is 48.3 Å². The van der Waals surface area contributed by atoms with Gasteiger partial charge in [-0.05, 0) is 42.0 Å². The predicted octanol–water partition coefficient (Wildman–Crippen LogP) is 2.74. The molecule has 1 aromatic carbocycles. The van der Waals surface area contributed by atoms with Gasteiger partial charge in [0.1, 0.15) is 5.04 Å². The quantitative estimate of drug-likeness (QED) is 0.796. The maximum atomic E-state index is 12.4. The SMILES string of the molecule is CCC1=NN2C(=N)/C(=C/c3cc(OC)c(OC)c(OC)c3)C(=O)N=C2S1. The van der Waals surface area contributed by atoms with Gasteiger partial charge in [-0.15, -0.1) is 0 Å². The van der Waals surface area contributed by atoms with Crippen molar-refractivity contribution in [1.82, 2.24) is 5.01 Å². The Kier molecular flexibility index (Phi) is 4.99. The topological polar surface area (TPSA) is 96.6 Å². The molecule has 2 heterocycles. The number of aliphatic imine (C=N–C) groups is 1. The fraction of sp³-hybridized carbons (Fsp3) is 0.294. The third-order valence-electron chi connectivity index (χ3n) is 3.80. The fourth-order valence-electron chi connectivity index (χ4n) is 2.53. The van der Waals surface area contributed by atoms with Crippen LogP contribution < -0.4 is 14.2 Å². The van der Waals surface area contributed by atoms with E-state index in [2.05, 4.69) is 10.1 Å². The molecule has 0 saturated heterocycles. The third-order valence-corrected chi connectivity index (χ3v) is 4.85. The summed E-state index contributed by atoms with van der Waals surface area (Å²) < 4.78 is 15.9. The van der Waals surface area contributed by atoms with Gasteiger partial charge in [-0.1, -0.05) is 6.92 Å². The first-order chi connectivity index (χ1) is 12.5. The van der Waals surface area contributed by atoms with E-state index in [1.54, 1.807) is 18.2 Å². The molecular weight excluding hydrogens is 356 g/mol. The highest BCUT2D eigenvalue weighted by molar-refractivity contribution is 8.26. The number of hydrogen-bond donors (Lipinski definition) is 1. The monoisotopic (exact) mass is 374 g/mol. The standard InChI is InChI=1S/C17H18N4O4S/c1-5-13-20-21-15(18)10(16(22)19-17(21)26-13)6-9-7-11(23-2)14(25-4)12(8-9)24-3/h6-8,18H,5H2,1-4H3/b10-6-,18-15?. The summed E-state index contributed by atoms with van der Waals surface area (Å²) in [5.74, 6) is 0.886. The summed E-state index contributed by atoms with van der Waals surface area (Å²) in [7, 11) is 4.55. The average molecular weight is 374 g/mol. The van der Waals surface area contributed by atoms with Gasteiger partial charge >= 0.3 is 0 Å². The molecule has 0 radical (unpaired) electrons. The van der Waals surface area contributed by atoms with Gasteiger partial charge in [-0.2, -0.15) is 15.1 Å². The normalized spacial score (nSPS) is 17.8. The van der Waals surface area contributed by atoms with Crippen molar-refractivity contribution in [3.8, 4) is 17.2 Å². The van der Waals surface area contributed by atoms with Crippen LogP contribution in [0.15, 0.2) is 27.8 Å². The highest BCUT2D eigenvalue weighted by Crippen LogP contribution is 2.39. The summed E-state index contributed by atoms with van der Waals surface area (Å²) in [5.41, 5.74) is 0.766. The number of amides is 1. The Balaban J connectivity index is 2.04. The molecule has 3 rings (SSSR count). The molecule has 26 heavy (non-hydrogen) atoms. The summed E-state index contributed by atoms with van der Waals surface area (Å²) in [4.78, 5) is 16.4. The number of benzene rings is 1. The Morgan fingerprint density at radius 2 is 1.85 bits per heavy atom. The minimum absolute atomic E-state index is 0.00954. The number of fused-ring (bicyclic) bond motifs is 1. The summed E-state index contributed by atoms with van der Waals surface area (Å²) in [6.45, 7) is 1.96. The Morgan fingerprint density at radius 1 is 1.19 bits per heavy atom. The lowest BCUT2D eigenvalue weighted by molar-refractivity contribution is -0.114. The van der Waals surface area contributed by atoms with E-state index in [4.69, 9.17) is 19.6 Å². The Labute approximate surface area is 155 Å². The van der Waals surface area contributed by atoms with Crippen molar-refractivity contribution in [3.05, 3.63) is 23.3 Å². The Bertz CT molecular complexity index is 851. The van der Waals surface area contributed by atoms with Crippen LogP contribution in [0.3, 0.4) is 0 Å². The molecule has 8 nitrogen and oxygen atoms in total. The van der Waals surface area contributed by atoms with Crippen molar-refractivity contribution in [2.45, 2.75) is 13.3 Å². The van der Waals surface area contributed by atoms with Crippen LogP contribution in [0.25, 0.3) is 6.08 Å². The van der Waals surface area contributed by atoms with E-state index in [-0.39, 0.29) is 11.4 Å². The van der Waals surface area contributed by atoms with E-state index in [0.29, 0.717) is 34.4 Å². The lowest BCUT2D eigenvalue weighted by atomic mass is 10.1. The van der Waals surface area contributed by atoms with E-state index in [0.717, 1.165) is 5.04 Å². The largest absolute Gasteiger partial charge is 0.493 e. The molecule has 136 valence electrons. The van der Waals surface area contributed by atoms with Crippen LogP contribution in [0.1, 0.15) is 18.9 Å². The van der Waals surface area contributed by atoms with Gasteiger partial charge in [-0.3, -0.25) is 10.2 Å². The molecule has 0 aromatic heterocycles. The Hall–Kier alpha value is -2.81. The van der Waals surface area contributed by atoms with E-state index < -0.39 is 5.91 Å². The molecule has 9 heteroatoms. The van der Waals surface area contributed by atoms with Crippen molar-refractivity contribution in [3.63, 3.8) is 0 Å². The number of carbonyl (C=O) groups excluding carboxylic acids is 1. The summed E-state index contributed by atoms with van der Waals surface area (Å²) in [6.07, 6.45) is 2.28. The van der Waals surface area contributed by atoms with Crippen molar-refractivity contribution in [2.75, 3.05) is 21.3 Å². The lowest BCUT2D eigenvalue weighted by Crippen LogP contribution is -2.35. The van der Waals surface area contributed by atoms with Crippen LogP contribution in [0.2, 0.25) is 0 Å². The number of hydrogen-bond acceptors (Lipinski definition) is 7. The molecule has 1 N–H and O–H groups in total. The maximum Gasteiger partial charge on any atom is 0.283 e. The number of carbonyl (C=O) groups is 1. The second-order valence-electron chi connectivity index (χ2n) is 5.33. The second-order valence-corrected chi connectivity index (χ2v) is 6.37. The minimum Gasteiger partial charge on any atom is -0.493 e. The molecule has 0 saturated carbocycles. The van der Waals surface area contributed by atoms with Crippen molar-refractivity contribution >= 4 is 39.8 Å². The fourth-order valence-corrected chi connectivity index (χ4v) is 3.35. The predicted molar refractivity (Wildman–Crippen MR) is 101 cm³/mol. The minimum atomic E-state index is -0.477. The van der Waals surface area contributed by atoms with Crippen LogP contribution in [0, 0.1) is 5.41 Å². The van der Waals surface area contributed by atoms with Gasteiger partial charge in [0.25, 0.3) is 5.91 Å². The van der Waals surface area contributed by atoms with Gasteiger partial charge in [-0.25, -0.2) is 0 Å². The molecule has 0 spiro atoms. The number of methoxy groups -OCH3 is 3. The molecular formula is C17H18N4O4S. The van der Waals surface area contributed by atoms with Gasteiger partial charge in [0.05, 0.1) is 26.9 Å². The van der Waals surface area contributed by atoms with E-state index >= 15 is 0 Å². The summed E-state index contributed by atoms with van der Waals surface area (Å²) in [6, 6.07) is 3.40. The van der Waals surface area contributed by atoms with Gasteiger partial charge in [0.15, 0.2) is 17.3 Å². The Morgan fingerprint density at radius 3 is 2.38 bits per heavy atom. The summed E-state index contributed by atoms with van der Waals surface area (Å²) >= 11 is 1.31. The van der Waals surface area contributed by atoms with Crippen molar-refractivity contribution in [2.24, 2.45) is 10.1 Å². The van der Waals surface area contributed by atoms with Crippen molar-refractivity contribution < 1.29 is 19.0 Å². The number of nitrogens with zero attached hydrogens (tertiary/aromatic N) is 3. The molecule has 1 amide bonds. The molecule has 0 aliphatic carbocycles. The van der Waals surface area contributed by atoms with Crippen LogP contribution in [0.5, 0.6) is 17.2 Å². The van der Waals surface area contributed by atoms with E-state index in [9.17, 15) is 4.79 Å². The zero-order valence-electron chi connectivity index (χ0n) is 14.8. The molecule has 0 bridgehead atoms. The lowest BCUT2D eigenvalue weighted by Gasteiger charge is -2.20. The first-order valence-electron chi connectivity index (χ1n) is 7.81. The number of thioether (sulfide) groups is 1. The zero-order chi connectivity index (χ0) is 18.8. The highest BCUT2D eigenvalue weighted by Gasteiger charge is 2.35. The molecule has 0 atom stereocenters. The third kappa shape index (κ3) is 3.05. The number of amidine groups is 2. The zero-order valence-corrected chi connectivity index (χ0v) is 15.6. The highest BCUT2D eigenvalue weighted by atomic mass is 32.2. The molecule has 1 aromatic rings. The first kappa shape index (κ1) is 18.0. The van der Waals surface area contributed by atoms with E-state index in [1.807, 2.05) is 6.92 Å². The van der Waals surface area contributed by atoms with E-state index in [1.165, 1.54) is 38.1 Å². The number of rotatable bonds is 5. The van der Waals surface area contributed by atoms with Crippen LogP contribution in [0.4, 0.5) is 0 Å². The average Bonchev–Trinajstić information content (AvgIpc) is 3.07. The maximum absolute atomic E-state index is 12.4. The molecule has 0 fully saturated rings. The molecule has 2 aliphatic heterocycles. The van der Waals surface area contributed by atoms with Crippen molar-refractivity contribution in [1.29, 1.82) is 5.41 Å². The van der Waals surface area contributed by atoms with Gasteiger partial charge < -0.3 is 14.2 Å². The molecule has 2 aliphatic rings. The number of hydrazone groups is 1. The number of nitrogens with one attached hydrogen (secondary N) is 1. The van der Waals surface area contributed by atoms with Gasteiger partial charge in [0.2, 0.25) is 10.9 Å². The molecule has 0 unspecified atom stereocenters. The van der Waals surface area contributed by atoms with Gasteiger partial charge in [0, 0.05) is 0 Å².